The molecule has 0 bridgehead atoms. The fourth-order valence-corrected chi connectivity index (χ4v) is 2.97. The molecule has 1 unspecified atom stereocenters. The highest BCUT2D eigenvalue weighted by atomic mass is 16.8. The molecule has 220 valence electrons. The van der Waals surface area contributed by atoms with Crippen molar-refractivity contribution >= 4 is 24.4 Å². The van der Waals surface area contributed by atoms with Gasteiger partial charge in [0, 0.05) is 12.5 Å². The van der Waals surface area contributed by atoms with Crippen LogP contribution >= 0.6 is 0 Å². The van der Waals surface area contributed by atoms with Gasteiger partial charge in [-0.25, -0.2) is 19.2 Å². The molecule has 0 spiro atoms. The Morgan fingerprint density at radius 3 is 1.92 bits per heavy atom. The first-order valence-electron chi connectivity index (χ1n) is 12.9. The average molecular weight is 556 g/mol. The lowest BCUT2D eigenvalue weighted by molar-refractivity contribution is -0.167. The fraction of sp³-hybridized carbons (Fsp3) is 0.630. The minimum atomic E-state index is -2.23. The van der Waals surface area contributed by atoms with E-state index < -0.39 is 36.6 Å². The van der Waals surface area contributed by atoms with Crippen LogP contribution in [0.3, 0.4) is 0 Å². The summed E-state index contributed by atoms with van der Waals surface area (Å²) in [7, 11) is 0. The van der Waals surface area contributed by atoms with E-state index >= 15 is 0 Å². The van der Waals surface area contributed by atoms with Gasteiger partial charge in [-0.2, -0.15) is 0 Å². The van der Waals surface area contributed by atoms with E-state index in [-0.39, 0.29) is 48.3 Å². The van der Waals surface area contributed by atoms with E-state index in [0.717, 1.165) is 0 Å². The maximum absolute atomic E-state index is 12.5. The molecule has 0 saturated carbocycles. The molecule has 0 amide bonds. The molecule has 0 saturated heterocycles. The third kappa shape index (κ3) is 12.2. The summed E-state index contributed by atoms with van der Waals surface area (Å²) in [5, 5.41) is 13.0. The molecule has 12 heteroatoms. The highest BCUT2D eigenvalue weighted by Gasteiger charge is 2.45. The number of hydrogen-bond acceptors (Lipinski definition) is 11. The summed E-state index contributed by atoms with van der Waals surface area (Å²) in [5.41, 5.74) is -2.33. The molecular formula is C27H41NO11. The molecule has 0 aliphatic rings. The molecule has 2 N–H and O–H groups in total. The Morgan fingerprint density at radius 1 is 0.872 bits per heavy atom. The number of carbonyl (C=O) groups excluding carboxylic acids is 3. The van der Waals surface area contributed by atoms with E-state index in [0.29, 0.717) is 19.3 Å². The van der Waals surface area contributed by atoms with Gasteiger partial charge in [0.2, 0.25) is 0 Å². The molecule has 0 fully saturated rings. The van der Waals surface area contributed by atoms with E-state index in [1.165, 1.54) is 18.2 Å². The van der Waals surface area contributed by atoms with E-state index in [4.69, 9.17) is 28.4 Å². The predicted molar refractivity (Wildman–Crippen MR) is 140 cm³/mol. The zero-order chi connectivity index (χ0) is 29.6. The molecule has 0 heterocycles. The van der Waals surface area contributed by atoms with E-state index in [2.05, 4.69) is 5.32 Å². The number of carboxylic acids is 1. The highest BCUT2D eigenvalue weighted by molar-refractivity contribution is 5.80. The number of hydrogen-bond donors (Lipinski definition) is 2. The van der Waals surface area contributed by atoms with Crippen LogP contribution in [0.15, 0.2) is 18.2 Å². The molecule has 39 heavy (non-hydrogen) atoms. The van der Waals surface area contributed by atoms with Gasteiger partial charge in [-0.3, -0.25) is 5.32 Å². The van der Waals surface area contributed by atoms with Crippen molar-refractivity contribution < 1.29 is 52.7 Å². The molecule has 2 atom stereocenters. The first kappa shape index (κ1) is 33.5. The SMILES string of the molecule is CCCOC(=O)Oc1ccc(C[C@](NC(C)CC)(OC(=O)OCC(C)(C)C)C(=O)O)cc1OC(=O)OCCC. The highest BCUT2D eigenvalue weighted by Crippen LogP contribution is 2.31. The smallest absolute Gasteiger partial charge is 0.477 e. The third-order valence-electron chi connectivity index (χ3n) is 5.01. The Balaban J connectivity index is 3.39. The summed E-state index contributed by atoms with van der Waals surface area (Å²) in [6.07, 6.45) is -1.98. The van der Waals surface area contributed by atoms with Crippen molar-refractivity contribution in [2.24, 2.45) is 5.41 Å². The molecule has 0 aliphatic carbocycles. The number of nitrogens with one attached hydrogen (secondary N) is 1. The lowest BCUT2D eigenvalue weighted by atomic mass is 9.99. The van der Waals surface area contributed by atoms with Crippen molar-refractivity contribution in [2.75, 3.05) is 19.8 Å². The maximum atomic E-state index is 12.5. The molecule has 1 aromatic rings. The second-order valence-corrected chi connectivity index (χ2v) is 10.1. The Labute approximate surface area is 229 Å². The van der Waals surface area contributed by atoms with Crippen molar-refractivity contribution in [3.8, 4) is 11.5 Å². The van der Waals surface area contributed by atoms with Crippen LogP contribution in [0.5, 0.6) is 11.5 Å². The van der Waals surface area contributed by atoms with Crippen LogP contribution in [-0.4, -0.2) is 61.1 Å². The third-order valence-corrected chi connectivity index (χ3v) is 5.01. The van der Waals surface area contributed by atoms with Gasteiger partial charge in [-0.15, -0.1) is 0 Å². The molecule has 0 aromatic heterocycles. The quantitative estimate of drug-likeness (QED) is 0.130. The monoisotopic (exact) mass is 555 g/mol. The van der Waals surface area contributed by atoms with Crippen LogP contribution in [-0.2, 0) is 30.2 Å². The minimum Gasteiger partial charge on any atom is -0.477 e. The number of carbonyl (C=O) groups is 4. The lowest BCUT2D eigenvalue weighted by Gasteiger charge is -2.33. The Morgan fingerprint density at radius 2 is 1.44 bits per heavy atom. The molecule has 1 aromatic carbocycles. The van der Waals surface area contributed by atoms with Crippen molar-refractivity contribution in [1.29, 1.82) is 0 Å². The van der Waals surface area contributed by atoms with Gasteiger partial charge in [-0.1, -0.05) is 47.6 Å². The van der Waals surface area contributed by atoms with Gasteiger partial charge in [0.25, 0.3) is 5.72 Å². The first-order valence-corrected chi connectivity index (χ1v) is 12.9. The van der Waals surface area contributed by atoms with Crippen molar-refractivity contribution in [3.63, 3.8) is 0 Å². The van der Waals surface area contributed by atoms with Gasteiger partial charge < -0.3 is 33.5 Å². The van der Waals surface area contributed by atoms with Gasteiger partial charge in [0.1, 0.15) is 0 Å². The van der Waals surface area contributed by atoms with Crippen LogP contribution in [0.4, 0.5) is 14.4 Å². The second-order valence-electron chi connectivity index (χ2n) is 10.1. The average Bonchev–Trinajstić information content (AvgIpc) is 2.85. The van der Waals surface area contributed by atoms with Crippen LogP contribution in [0.1, 0.15) is 73.3 Å². The van der Waals surface area contributed by atoms with E-state index in [9.17, 15) is 24.3 Å². The summed E-state index contributed by atoms with van der Waals surface area (Å²) >= 11 is 0. The zero-order valence-corrected chi connectivity index (χ0v) is 23.8. The second kappa shape index (κ2) is 15.8. The Hall–Kier alpha value is -3.54. The Kier molecular flexibility index (Phi) is 13.5. The van der Waals surface area contributed by atoms with Crippen LogP contribution in [0, 0.1) is 5.41 Å². The lowest BCUT2D eigenvalue weighted by Crippen LogP contribution is -2.59. The maximum Gasteiger partial charge on any atom is 0.513 e. The zero-order valence-electron chi connectivity index (χ0n) is 23.8. The van der Waals surface area contributed by atoms with Gasteiger partial charge in [0.05, 0.1) is 19.8 Å². The number of rotatable bonds is 14. The van der Waals surface area contributed by atoms with Crippen molar-refractivity contribution in [1.82, 2.24) is 5.32 Å². The van der Waals surface area contributed by atoms with Gasteiger partial charge >= 0.3 is 24.4 Å². The molecule has 1 rings (SSSR count). The minimum absolute atomic E-state index is 0.00287. The molecule has 0 aliphatic heterocycles. The van der Waals surface area contributed by atoms with Crippen LogP contribution < -0.4 is 14.8 Å². The number of carboxylic acid groups (broad SMARTS) is 1. The normalized spacial score (nSPS) is 13.4. The fourth-order valence-electron chi connectivity index (χ4n) is 2.97. The van der Waals surface area contributed by atoms with Gasteiger partial charge in [-0.05, 0) is 49.3 Å². The number of benzene rings is 1. The van der Waals surface area contributed by atoms with Crippen LogP contribution in [0.25, 0.3) is 0 Å². The summed E-state index contributed by atoms with van der Waals surface area (Å²) in [6, 6.07) is 3.66. The number of aliphatic carboxylic acids is 1. The first-order chi connectivity index (χ1) is 18.2. The molecule has 0 radical (unpaired) electrons. The standard InChI is InChI=1S/C27H41NO11/c1-8-13-34-23(31)37-20-12-11-19(15-21(20)38-24(32)35-14-9-2)16-27(22(29)30,28-18(4)10-3)39-25(33)36-17-26(5,6)7/h11-12,15,18,28H,8-10,13-14,16-17H2,1-7H3,(H,29,30)/t18?,27-/m0/s1. The van der Waals surface area contributed by atoms with Crippen LogP contribution in [0.2, 0.25) is 0 Å². The largest absolute Gasteiger partial charge is 0.513 e. The topological polar surface area (TPSA) is 156 Å². The summed E-state index contributed by atoms with van der Waals surface area (Å²) < 4.78 is 30.8. The predicted octanol–water partition coefficient (Wildman–Crippen LogP) is 5.45. The summed E-state index contributed by atoms with van der Waals surface area (Å²) in [4.78, 5) is 49.2. The summed E-state index contributed by atoms with van der Waals surface area (Å²) in [6.45, 7) is 12.9. The molecule has 12 nitrogen and oxygen atoms in total. The van der Waals surface area contributed by atoms with Crippen molar-refractivity contribution in [3.05, 3.63) is 23.8 Å². The van der Waals surface area contributed by atoms with E-state index in [1.807, 2.05) is 34.6 Å². The van der Waals surface area contributed by atoms with Crippen molar-refractivity contribution in [2.45, 2.75) is 85.9 Å². The molecular weight excluding hydrogens is 514 g/mol. The van der Waals surface area contributed by atoms with E-state index in [1.54, 1.807) is 13.8 Å². The summed E-state index contributed by atoms with van der Waals surface area (Å²) in [5.74, 6) is -1.85. The number of ether oxygens (including phenoxy) is 6. The Bertz CT molecular complexity index is 973. The van der Waals surface area contributed by atoms with Gasteiger partial charge in [0.15, 0.2) is 11.5 Å².